The van der Waals surface area contributed by atoms with Gasteiger partial charge in [-0.25, -0.2) is 19.0 Å². The standard InChI is InChI=1S/C38H34FN7O6/c1-21(29-15-23(39)12-13-28(29)37(48)49)52-33-14-22(35-31(18-41-2)45-46(3)32(35)16-40)17-42-36(33)44-34(47)19-43-38(50)51-20-30-26-10-6-4-8-24(26)25-9-5-7-11-27(25)30/h4-15,17,21,30,41H,18-20H2,1-3H3,(H,43,50)(H,48,49)(H,42,44,47)/t21-/m1/s1. The minimum absolute atomic E-state index is 0.0109. The highest BCUT2D eigenvalue weighted by molar-refractivity contribution is 5.94. The third-order valence-corrected chi connectivity index (χ3v) is 8.69. The lowest BCUT2D eigenvalue weighted by Gasteiger charge is -2.20. The van der Waals surface area contributed by atoms with E-state index >= 15 is 0 Å². The van der Waals surface area contributed by atoms with Crippen LogP contribution in [-0.4, -0.2) is 58.0 Å². The summed E-state index contributed by atoms with van der Waals surface area (Å²) in [7, 11) is 3.36. The summed E-state index contributed by atoms with van der Waals surface area (Å²) in [6, 6.07) is 22.7. The lowest BCUT2D eigenvalue weighted by molar-refractivity contribution is -0.115. The van der Waals surface area contributed by atoms with Crippen molar-refractivity contribution in [2.45, 2.75) is 25.5 Å². The van der Waals surface area contributed by atoms with Crippen molar-refractivity contribution in [2.24, 2.45) is 7.05 Å². The van der Waals surface area contributed by atoms with E-state index in [0.29, 0.717) is 23.4 Å². The summed E-state index contributed by atoms with van der Waals surface area (Å²) in [5.74, 6) is -2.86. The van der Waals surface area contributed by atoms with Crippen LogP contribution in [0.15, 0.2) is 79.0 Å². The van der Waals surface area contributed by atoms with Crippen LogP contribution >= 0.6 is 0 Å². The maximum absolute atomic E-state index is 14.3. The van der Waals surface area contributed by atoms with Crippen LogP contribution in [0.4, 0.5) is 15.0 Å². The molecule has 0 aliphatic heterocycles. The number of alkyl carbamates (subject to hydrolysis) is 1. The van der Waals surface area contributed by atoms with Crippen molar-refractivity contribution in [3.63, 3.8) is 0 Å². The fraction of sp³-hybridized carbons (Fsp3) is 0.211. The number of hydrogen-bond acceptors (Lipinski definition) is 9. The minimum atomic E-state index is -1.28. The predicted molar refractivity (Wildman–Crippen MR) is 188 cm³/mol. The largest absolute Gasteiger partial charge is 0.482 e. The Bertz CT molecular complexity index is 2180. The number of carboxylic acid groups (broad SMARTS) is 1. The third kappa shape index (κ3) is 7.16. The first-order chi connectivity index (χ1) is 25.1. The lowest BCUT2D eigenvalue weighted by atomic mass is 9.98. The molecule has 2 amide bonds. The van der Waals surface area contributed by atoms with Crippen LogP contribution in [0.5, 0.6) is 5.75 Å². The molecule has 4 N–H and O–H groups in total. The van der Waals surface area contributed by atoms with Gasteiger partial charge in [-0.1, -0.05) is 48.5 Å². The van der Waals surface area contributed by atoms with Gasteiger partial charge in [0.25, 0.3) is 0 Å². The minimum Gasteiger partial charge on any atom is -0.482 e. The molecule has 3 aromatic carbocycles. The van der Waals surface area contributed by atoms with Crippen LogP contribution in [0.3, 0.4) is 0 Å². The first kappa shape index (κ1) is 35.2. The van der Waals surface area contributed by atoms with Crippen molar-refractivity contribution in [3.8, 4) is 34.1 Å². The van der Waals surface area contributed by atoms with Gasteiger partial charge in [-0.2, -0.15) is 10.4 Å². The summed E-state index contributed by atoms with van der Waals surface area (Å²) < 4.78 is 27.4. The number of nitrogens with one attached hydrogen (secondary N) is 3. The van der Waals surface area contributed by atoms with Crippen molar-refractivity contribution < 1.29 is 33.4 Å². The SMILES string of the molecule is CNCc1nn(C)c(C#N)c1-c1cnc(NC(=O)CNC(=O)OCC2c3ccccc3-c3ccccc32)c(O[C@H](C)c2cc(F)ccc2C(=O)O)c1. The van der Waals surface area contributed by atoms with Gasteiger partial charge >= 0.3 is 12.1 Å². The van der Waals surface area contributed by atoms with Crippen molar-refractivity contribution in [1.82, 2.24) is 25.4 Å². The Balaban J connectivity index is 1.21. The molecule has 0 unspecified atom stereocenters. The van der Waals surface area contributed by atoms with E-state index in [9.17, 15) is 29.1 Å². The monoisotopic (exact) mass is 703 g/mol. The normalized spacial score (nSPS) is 12.3. The number of rotatable bonds is 12. The van der Waals surface area contributed by atoms with Crippen molar-refractivity contribution in [2.75, 3.05) is 25.5 Å². The number of carboxylic acids is 1. The molecule has 0 saturated heterocycles. The fourth-order valence-electron chi connectivity index (χ4n) is 6.36. The molecule has 6 rings (SSSR count). The molecular formula is C38H34FN7O6. The predicted octanol–water partition coefficient (Wildman–Crippen LogP) is 5.53. The highest BCUT2D eigenvalue weighted by atomic mass is 19.1. The highest BCUT2D eigenvalue weighted by Gasteiger charge is 2.29. The van der Waals surface area contributed by atoms with E-state index in [1.165, 1.54) is 23.9 Å². The van der Waals surface area contributed by atoms with Gasteiger partial charge in [-0.05, 0) is 60.5 Å². The van der Waals surface area contributed by atoms with E-state index in [4.69, 9.17) is 9.47 Å². The Kier molecular flexibility index (Phi) is 10.2. The number of aryl methyl sites for hydroxylation is 1. The number of halogens is 1. The van der Waals surface area contributed by atoms with Crippen LogP contribution < -0.4 is 20.7 Å². The number of amides is 2. The maximum Gasteiger partial charge on any atom is 0.407 e. The van der Waals surface area contributed by atoms with E-state index < -0.39 is 36.4 Å². The quantitative estimate of drug-likeness (QED) is 0.129. The molecule has 264 valence electrons. The van der Waals surface area contributed by atoms with Crippen LogP contribution in [0.2, 0.25) is 0 Å². The number of nitriles is 1. The molecule has 0 fully saturated rings. The Morgan fingerprint density at radius 1 is 1.06 bits per heavy atom. The molecule has 1 atom stereocenters. The lowest BCUT2D eigenvalue weighted by Crippen LogP contribution is -2.34. The van der Waals surface area contributed by atoms with Crippen LogP contribution in [0.1, 0.15) is 57.4 Å². The van der Waals surface area contributed by atoms with Gasteiger partial charge in [-0.3, -0.25) is 9.48 Å². The zero-order chi connectivity index (χ0) is 36.9. The summed E-state index contributed by atoms with van der Waals surface area (Å²) in [5, 5.41) is 32.2. The first-order valence-corrected chi connectivity index (χ1v) is 16.3. The van der Waals surface area contributed by atoms with Gasteiger partial charge in [0.05, 0.1) is 11.3 Å². The molecule has 13 nitrogen and oxygen atoms in total. The van der Waals surface area contributed by atoms with Crippen LogP contribution in [0.25, 0.3) is 22.3 Å². The zero-order valence-electron chi connectivity index (χ0n) is 28.4. The topological polar surface area (TPSA) is 180 Å². The van der Waals surface area contributed by atoms with E-state index in [1.807, 2.05) is 48.5 Å². The molecule has 14 heteroatoms. The number of nitrogens with zero attached hydrogens (tertiary/aromatic N) is 4. The smallest absolute Gasteiger partial charge is 0.407 e. The molecule has 0 spiro atoms. The Morgan fingerprint density at radius 3 is 2.40 bits per heavy atom. The highest BCUT2D eigenvalue weighted by Crippen LogP contribution is 2.44. The average Bonchev–Trinajstić information content (AvgIpc) is 3.63. The number of aromatic carboxylic acids is 1. The van der Waals surface area contributed by atoms with Crippen LogP contribution in [0, 0.1) is 17.1 Å². The van der Waals surface area contributed by atoms with E-state index in [1.54, 1.807) is 14.1 Å². The van der Waals surface area contributed by atoms with Crippen molar-refractivity contribution >= 4 is 23.8 Å². The second-order valence-electron chi connectivity index (χ2n) is 12.0. The number of benzene rings is 3. The van der Waals surface area contributed by atoms with Crippen molar-refractivity contribution in [1.29, 1.82) is 5.26 Å². The summed E-state index contributed by atoms with van der Waals surface area (Å²) in [6.45, 7) is 1.43. The molecule has 2 heterocycles. The number of fused-ring (bicyclic) bond motifs is 3. The Labute approximate surface area is 298 Å². The third-order valence-electron chi connectivity index (χ3n) is 8.69. The van der Waals surface area contributed by atoms with Crippen molar-refractivity contribution in [3.05, 3.63) is 118 Å². The number of ether oxygens (including phenoxy) is 2. The summed E-state index contributed by atoms with van der Waals surface area (Å²) in [5.41, 5.74) is 5.81. The summed E-state index contributed by atoms with van der Waals surface area (Å²) in [6.07, 6.45) is -0.404. The molecule has 0 saturated carbocycles. The van der Waals surface area contributed by atoms with E-state index in [2.05, 4.69) is 32.1 Å². The molecular weight excluding hydrogens is 669 g/mol. The molecule has 0 radical (unpaired) electrons. The molecule has 1 aliphatic rings. The number of carbonyl (C=O) groups is 3. The fourth-order valence-corrected chi connectivity index (χ4v) is 6.36. The maximum atomic E-state index is 14.3. The molecule has 5 aromatic rings. The Hall–Kier alpha value is -6.59. The number of aromatic nitrogens is 3. The zero-order valence-corrected chi connectivity index (χ0v) is 28.4. The molecule has 2 aromatic heterocycles. The van der Waals surface area contributed by atoms with E-state index in [-0.39, 0.29) is 40.9 Å². The van der Waals surface area contributed by atoms with Gasteiger partial charge in [0.2, 0.25) is 5.91 Å². The van der Waals surface area contributed by atoms with Gasteiger partial charge in [-0.15, -0.1) is 0 Å². The van der Waals surface area contributed by atoms with Gasteiger partial charge < -0.3 is 30.5 Å². The second-order valence-corrected chi connectivity index (χ2v) is 12.0. The number of carbonyl (C=O) groups excluding carboxylic acids is 2. The van der Waals surface area contributed by atoms with E-state index in [0.717, 1.165) is 40.5 Å². The Morgan fingerprint density at radius 2 is 1.75 bits per heavy atom. The first-order valence-electron chi connectivity index (χ1n) is 16.3. The second kappa shape index (κ2) is 15.1. The molecule has 1 aliphatic carbocycles. The summed E-state index contributed by atoms with van der Waals surface area (Å²) >= 11 is 0. The van der Waals surface area contributed by atoms with Crippen LogP contribution in [-0.2, 0) is 23.1 Å². The molecule has 52 heavy (non-hydrogen) atoms. The number of pyridine rings is 1. The average molecular weight is 704 g/mol. The van der Waals surface area contributed by atoms with Gasteiger partial charge in [0.1, 0.15) is 36.8 Å². The molecule has 0 bridgehead atoms. The van der Waals surface area contributed by atoms with Gasteiger partial charge in [0.15, 0.2) is 11.6 Å². The van der Waals surface area contributed by atoms with Gasteiger partial charge in [0, 0.05) is 42.4 Å². The summed E-state index contributed by atoms with van der Waals surface area (Å²) in [4.78, 5) is 42.2. The number of anilines is 1. The number of hydrogen-bond donors (Lipinski definition) is 4.